The number of aliphatic hydroxyl groups excluding tert-OH is 2. The Morgan fingerprint density at radius 2 is 2.06 bits per heavy atom. The van der Waals surface area contributed by atoms with Crippen molar-refractivity contribution < 1.29 is 24.5 Å². The van der Waals surface area contributed by atoms with Gasteiger partial charge in [-0.25, -0.2) is 4.98 Å². The fraction of sp³-hybridized carbons (Fsp3) is 0.450. The minimum Gasteiger partial charge on any atom is -0.454 e. The number of nitrogen functional groups attached to an aromatic ring is 1. The molecule has 2 aliphatic carbocycles. The molecule has 3 aromatic rings. The van der Waals surface area contributed by atoms with E-state index in [-0.39, 0.29) is 16.9 Å². The number of aromatic nitrogens is 3. The molecule has 0 amide bonds. The van der Waals surface area contributed by atoms with E-state index in [4.69, 9.17) is 26.5 Å². The minimum absolute atomic E-state index is 0.0519. The van der Waals surface area contributed by atoms with Crippen LogP contribution in [0.5, 0.6) is 0 Å². The van der Waals surface area contributed by atoms with Crippen LogP contribution in [0.4, 0.5) is 11.8 Å². The van der Waals surface area contributed by atoms with Crippen LogP contribution in [-0.2, 0) is 11.3 Å². The van der Waals surface area contributed by atoms with Gasteiger partial charge >= 0.3 is 0 Å². The quantitative estimate of drug-likeness (QED) is 0.360. The molecule has 2 aliphatic rings. The van der Waals surface area contributed by atoms with Crippen LogP contribution in [0.1, 0.15) is 17.8 Å². The second-order valence-corrected chi connectivity index (χ2v) is 8.49. The molecular formula is C20H22ClN5O5. The van der Waals surface area contributed by atoms with Crippen LogP contribution in [0.3, 0.4) is 0 Å². The molecule has 3 aromatic heterocycles. The molecule has 164 valence electrons. The lowest BCUT2D eigenvalue weighted by molar-refractivity contribution is -0.0262. The summed E-state index contributed by atoms with van der Waals surface area (Å²) >= 11 is 6.41. The monoisotopic (exact) mass is 447 g/mol. The summed E-state index contributed by atoms with van der Waals surface area (Å²) in [4.78, 5) is 12.8. The molecule has 10 nitrogen and oxygen atoms in total. The molecule has 5 rings (SSSR count). The zero-order valence-corrected chi connectivity index (χ0v) is 17.6. The van der Waals surface area contributed by atoms with E-state index < -0.39 is 29.8 Å². The molecule has 1 unspecified atom stereocenters. The summed E-state index contributed by atoms with van der Waals surface area (Å²) in [6, 6.07) is 3.11. The number of ether oxygens (including phenoxy) is 1. The molecule has 0 radical (unpaired) electrons. The van der Waals surface area contributed by atoms with Gasteiger partial charge in [0.05, 0.1) is 35.7 Å². The summed E-state index contributed by atoms with van der Waals surface area (Å²) < 4.78 is 11.2. The Labute approximate surface area is 182 Å². The van der Waals surface area contributed by atoms with Gasteiger partial charge in [0.1, 0.15) is 28.4 Å². The average Bonchev–Trinajstić information content (AvgIpc) is 2.99. The van der Waals surface area contributed by atoms with Gasteiger partial charge in [0.2, 0.25) is 5.95 Å². The average molecular weight is 448 g/mol. The van der Waals surface area contributed by atoms with E-state index in [9.17, 15) is 15.3 Å². The first-order valence-corrected chi connectivity index (χ1v) is 10.2. The highest BCUT2D eigenvalue weighted by molar-refractivity contribution is 6.32. The van der Waals surface area contributed by atoms with E-state index in [2.05, 4.69) is 20.3 Å². The van der Waals surface area contributed by atoms with Gasteiger partial charge in [-0.15, -0.1) is 0 Å². The van der Waals surface area contributed by atoms with Crippen LogP contribution in [0.15, 0.2) is 16.5 Å². The molecule has 0 spiro atoms. The van der Waals surface area contributed by atoms with Crippen LogP contribution < -0.4 is 11.1 Å². The highest BCUT2D eigenvalue weighted by Gasteiger charge is 2.74. The summed E-state index contributed by atoms with van der Waals surface area (Å²) in [6.07, 6.45) is -1.73. The van der Waals surface area contributed by atoms with Crippen molar-refractivity contribution in [2.75, 3.05) is 18.2 Å². The number of furan rings is 1. The first kappa shape index (κ1) is 20.4. The third-order valence-corrected chi connectivity index (χ3v) is 6.44. The molecule has 6 N–H and O–H groups in total. The Bertz CT molecular complexity index is 1190. The molecule has 2 saturated carbocycles. The molecule has 0 aliphatic heterocycles. The number of anilines is 2. The molecular weight excluding hydrogens is 426 g/mol. The van der Waals surface area contributed by atoms with Crippen molar-refractivity contribution in [3.8, 4) is 11.3 Å². The third-order valence-electron chi connectivity index (χ3n) is 6.17. The van der Waals surface area contributed by atoms with Crippen molar-refractivity contribution in [3.63, 3.8) is 0 Å². The van der Waals surface area contributed by atoms with Crippen molar-refractivity contribution >= 4 is 34.3 Å². The summed E-state index contributed by atoms with van der Waals surface area (Å²) in [5, 5.41) is 34.7. The first-order valence-electron chi connectivity index (χ1n) is 9.81. The number of nitrogens with one attached hydrogen (secondary N) is 1. The van der Waals surface area contributed by atoms with Crippen molar-refractivity contribution in [2.24, 2.45) is 5.92 Å². The van der Waals surface area contributed by atoms with Gasteiger partial charge in [0.25, 0.3) is 0 Å². The molecule has 11 heteroatoms. The Morgan fingerprint density at radius 3 is 2.74 bits per heavy atom. The second kappa shape index (κ2) is 7.01. The number of aliphatic hydroxyl groups is 3. The Balaban J connectivity index is 1.55. The summed E-state index contributed by atoms with van der Waals surface area (Å²) in [5.74, 6) is 0.224. The molecule has 2 fully saturated rings. The predicted octanol–water partition coefficient (Wildman–Crippen LogP) is 1.24. The zero-order chi connectivity index (χ0) is 22.1. The van der Waals surface area contributed by atoms with Crippen molar-refractivity contribution in [3.05, 3.63) is 28.7 Å². The van der Waals surface area contributed by atoms with Gasteiger partial charge in [0, 0.05) is 18.4 Å². The van der Waals surface area contributed by atoms with Gasteiger partial charge in [-0.1, -0.05) is 11.6 Å². The Morgan fingerprint density at radius 1 is 1.29 bits per heavy atom. The topological polar surface area (TPSA) is 160 Å². The van der Waals surface area contributed by atoms with E-state index in [0.717, 1.165) is 11.1 Å². The number of rotatable bonds is 5. The lowest BCUT2D eigenvalue weighted by Crippen LogP contribution is -2.42. The molecule has 5 atom stereocenters. The van der Waals surface area contributed by atoms with Crippen LogP contribution in [-0.4, -0.2) is 61.2 Å². The van der Waals surface area contributed by atoms with E-state index in [1.807, 2.05) is 13.0 Å². The largest absolute Gasteiger partial charge is 0.454 e. The number of halogens is 1. The van der Waals surface area contributed by atoms with Crippen LogP contribution in [0.2, 0.25) is 5.15 Å². The van der Waals surface area contributed by atoms with E-state index in [1.165, 1.54) is 0 Å². The zero-order valence-electron chi connectivity index (χ0n) is 16.8. The number of hydrogen-bond acceptors (Lipinski definition) is 10. The lowest BCUT2D eigenvalue weighted by Gasteiger charge is -2.24. The minimum atomic E-state index is -1.50. The maximum atomic E-state index is 10.5. The fourth-order valence-corrected chi connectivity index (χ4v) is 4.86. The van der Waals surface area contributed by atoms with Crippen molar-refractivity contribution in [1.82, 2.24) is 15.0 Å². The normalized spacial score (nSPS) is 29.4. The number of methoxy groups -OCH3 is 1. The van der Waals surface area contributed by atoms with E-state index in [0.29, 0.717) is 35.6 Å². The highest BCUT2D eigenvalue weighted by Crippen LogP contribution is 2.56. The summed E-state index contributed by atoms with van der Waals surface area (Å²) in [7, 11) is 1.60. The number of nitrogens with two attached hydrogens (primary N) is 1. The van der Waals surface area contributed by atoms with Crippen LogP contribution in [0, 0.1) is 12.8 Å². The van der Waals surface area contributed by atoms with Gasteiger partial charge in [-0.3, -0.25) is 4.98 Å². The van der Waals surface area contributed by atoms with Gasteiger partial charge < -0.3 is 35.5 Å². The first-order chi connectivity index (χ1) is 14.7. The fourth-order valence-electron chi connectivity index (χ4n) is 4.59. The van der Waals surface area contributed by atoms with Crippen molar-refractivity contribution in [2.45, 2.75) is 43.8 Å². The van der Waals surface area contributed by atoms with E-state index in [1.54, 1.807) is 13.2 Å². The number of fused-ring (bicyclic) bond motifs is 2. The maximum Gasteiger partial charge on any atom is 0.223 e. The van der Waals surface area contributed by atoms with Gasteiger partial charge in [0.15, 0.2) is 5.58 Å². The predicted molar refractivity (Wildman–Crippen MR) is 112 cm³/mol. The second-order valence-electron chi connectivity index (χ2n) is 8.13. The van der Waals surface area contributed by atoms with E-state index >= 15 is 0 Å². The third kappa shape index (κ3) is 3.06. The summed E-state index contributed by atoms with van der Waals surface area (Å²) in [5.41, 5.74) is 6.72. The number of hydrogen-bond donors (Lipinski definition) is 5. The van der Waals surface area contributed by atoms with Gasteiger partial charge in [-0.2, -0.15) is 4.98 Å². The van der Waals surface area contributed by atoms with Crippen LogP contribution in [0.25, 0.3) is 22.3 Å². The maximum absolute atomic E-state index is 10.5. The van der Waals surface area contributed by atoms with Gasteiger partial charge in [-0.05, 0) is 25.5 Å². The smallest absolute Gasteiger partial charge is 0.223 e. The Hall–Kier alpha value is -2.50. The SMILES string of the molecule is COCc1cc2cc(-c3c(Cl)nc(N)nc3N[C@@H]3C[C@@H]4C(O)[C@]4(O)[C@H]3O)oc2c(C)n1. The molecule has 0 aromatic carbocycles. The molecule has 3 heterocycles. The number of pyridine rings is 1. The van der Waals surface area contributed by atoms with Crippen LogP contribution >= 0.6 is 11.6 Å². The number of aryl methyl sites for hydroxylation is 1. The van der Waals surface area contributed by atoms with Crippen molar-refractivity contribution in [1.29, 1.82) is 0 Å². The summed E-state index contributed by atoms with van der Waals surface area (Å²) in [6.45, 7) is 2.20. The number of nitrogens with zero attached hydrogens (tertiary/aromatic N) is 3. The molecule has 0 saturated heterocycles. The molecule has 31 heavy (non-hydrogen) atoms. The Kier molecular flexibility index (Phi) is 4.61. The molecule has 0 bridgehead atoms. The highest BCUT2D eigenvalue weighted by atomic mass is 35.5. The lowest BCUT2D eigenvalue weighted by atomic mass is 10.1. The standard InChI is InChI=1S/C20H22ClN5O5/c1-7-14-8(3-9(23-7)6-30-2)4-12(31-14)13-17(21)25-19(22)26-18(13)24-11-5-10-15(27)20(10,29)16(11)28/h3-4,10-11,15-16,27-29H,5-6H2,1-2H3,(H3,22,24,25,26)/t10-,11-,15?,16+,20+/m1/s1.